The number of hydrogen-bond donors (Lipinski definition) is 1. The highest BCUT2D eigenvalue weighted by Crippen LogP contribution is 2.22. The normalized spacial score (nSPS) is 12.4. The molecule has 0 radical (unpaired) electrons. The van der Waals surface area contributed by atoms with Gasteiger partial charge in [-0.25, -0.2) is 9.67 Å². The van der Waals surface area contributed by atoms with Gasteiger partial charge in [0.2, 0.25) is 5.91 Å². The number of fused-ring (bicyclic) bond motifs is 1. The third-order valence-electron chi connectivity index (χ3n) is 5.10. The molecule has 1 aromatic carbocycles. The smallest absolute Gasteiger partial charge is 0.247 e. The summed E-state index contributed by atoms with van der Waals surface area (Å²) in [7, 11) is 1.97. The Kier molecular flexibility index (Phi) is 4.92. The Balaban J connectivity index is 1.51. The molecule has 1 N–H and O–H groups in total. The fourth-order valence-corrected chi connectivity index (χ4v) is 3.39. The van der Waals surface area contributed by atoms with Crippen LogP contribution in [-0.4, -0.2) is 35.0 Å². The van der Waals surface area contributed by atoms with Crippen LogP contribution in [0.3, 0.4) is 0 Å². The van der Waals surface area contributed by atoms with E-state index in [2.05, 4.69) is 34.3 Å². The number of nitrogens with zero attached hydrogens (tertiary/aromatic N) is 6. The molecule has 0 saturated carbocycles. The SMILES string of the molecule is CC[C@H](C)n1nc(C)cc1NC(=O)Cn1ccc(-c2nc3ccccc3n2C)n1. The number of benzene rings is 1. The van der Waals surface area contributed by atoms with Crippen molar-refractivity contribution in [1.82, 2.24) is 29.1 Å². The lowest BCUT2D eigenvalue weighted by molar-refractivity contribution is -0.116. The summed E-state index contributed by atoms with van der Waals surface area (Å²) in [6.45, 7) is 6.22. The number of aromatic nitrogens is 6. The van der Waals surface area contributed by atoms with Gasteiger partial charge in [0.1, 0.15) is 18.1 Å². The number of imidazole rings is 1. The summed E-state index contributed by atoms with van der Waals surface area (Å²) in [5.74, 6) is 1.34. The summed E-state index contributed by atoms with van der Waals surface area (Å²) < 4.78 is 5.50. The summed E-state index contributed by atoms with van der Waals surface area (Å²) in [6.07, 6.45) is 2.73. The molecule has 0 unspecified atom stereocenters. The predicted molar refractivity (Wildman–Crippen MR) is 113 cm³/mol. The van der Waals surface area contributed by atoms with E-state index in [9.17, 15) is 4.79 Å². The molecule has 0 spiro atoms. The largest absolute Gasteiger partial charge is 0.326 e. The molecule has 0 saturated heterocycles. The van der Waals surface area contributed by atoms with Crippen LogP contribution < -0.4 is 5.32 Å². The van der Waals surface area contributed by atoms with E-state index in [-0.39, 0.29) is 18.5 Å². The minimum absolute atomic E-state index is 0.120. The van der Waals surface area contributed by atoms with Crippen molar-refractivity contribution in [2.24, 2.45) is 7.05 Å². The number of amides is 1. The van der Waals surface area contributed by atoms with Crippen molar-refractivity contribution in [3.63, 3.8) is 0 Å². The van der Waals surface area contributed by atoms with Crippen molar-refractivity contribution >= 4 is 22.8 Å². The molecule has 4 rings (SSSR count). The van der Waals surface area contributed by atoms with E-state index >= 15 is 0 Å². The molecule has 0 aliphatic carbocycles. The average Bonchev–Trinajstić information content (AvgIpc) is 3.39. The van der Waals surface area contributed by atoms with Crippen molar-refractivity contribution in [3.8, 4) is 11.5 Å². The van der Waals surface area contributed by atoms with Crippen molar-refractivity contribution in [1.29, 1.82) is 0 Å². The maximum atomic E-state index is 12.6. The maximum Gasteiger partial charge on any atom is 0.247 e. The molecular weight excluding hydrogens is 366 g/mol. The van der Waals surface area contributed by atoms with Crippen LogP contribution in [0.15, 0.2) is 42.6 Å². The van der Waals surface area contributed by atoms with E-state index in [1.54, 1.807) is 10.9 Å². The second-order valence-electron chi connectivity index (χ2n) is 7.30. The molecule has 150 valence electrons. The number of hydrogen-bond acceptors (Lipinski definition) is 4. The van der Waals surface area contributed by atoms with Gasteiger partial charge in [-0.3, -0.25) is 9.48 Å². The molecule has 0 aliphatic rings. The summed E-state index contributed by atoms with van der Waals surface area (Å²) >= 11 is 0. The van der Waals surface area contributed by atoms with Crippen molar-refractivity contribution in [2.75, 3.05) is 5.32 Å². The van der Waals surface area contributed by atoms with Crippen LogP contribution in [0.25, 0.3) is 22.6 Å². The zero-order chi connectivity index (χ0) is 20.5. The Hall–Kier alpha value is -3.42. The fourth-order valence-electron chi connectivity index (χ4n) is 3.39. The number of nitrogens with one attached hydrogen (secondary N) is 1. The number of rotatable bonds is 6. The van der Waals surface area contributed by atoms with Gasteiger partial charge < -0.3 is 9.88 Å². The summed E-state index contributed by atoms with van der Waals surface area (Å²) in [6, 6.07) is 11.9. The molecule has 4 aromatic rings. The second kappa shape index (κ2) is 7.54. The van der Waals surface area contributed by atoms with Gasteiger partial charge in [0, 0.05) is 19.3 Å². The van der Waals surface area contributed by atoms with Gasteiger partial charge in [0.05, 0.1) is 22.8 Å². The fraction of sp³-hybridized carbons (Fsp3) is 0.333. The van der Waals surface area contributed by atoms with E-state index in [1.165, 1.54) is 0 Å². The highest BCUT2D eigenvalue weighted by atomic mass is 16.2. The predicted octanol–water partition coefficient (Wildman–Crippen LogP) is 3.55. The van der Waals surface area contributed by atoms with Gasteiger partial charge in [-0.1, -0.05) is 19.1 Å². The van der Waals surface area contributed by atoms with Crippen molar-refractivity contribution in [3.05, 3.63) is 48.3 Å². The molecule has 1 atom stereocenters. The standard InChI is InChI=1S/C21H25N7O/c1-5-15(3)28-19(12-14(2)24-28)23-20(29)13-27-11-10-17(25-27)21-22-16-8-6-7-9-18(16)26(21)4/h6-12,15H,5,13H2,1-4H3,(H,23,29)/t15-/m0/s1. The minimum Gasteiger partial charge on any atom is -0.326 e. The van der Waals surface area contributed by atoms with Crippen LogP contribution in [0.4, 0.5) is 5.82 Å². The monoisotopic (exact) mass is 391 g/mol. The zero-order valence-electron chi connectivity index (χ0n) is 17.1. The Labute approximate surface area is 169 Å². The quantitative estimate of drug-likeness (QED) is 0.545. The van der Waals surface area contributed by atoms with Crippen LogP contribution in [-0.2, 0) is 18.4 Å². The van der Waals surface area contributed by atoms with Gasteiger partial charge in [-0.2, -0.15) is 10.2 Å². The third kappa shape index (κ3) is 3.65. The molecule has 0 bridgehead atoms. The number of para-hydroxylation sites is 2. The average molecular weight is 391 g/mol. The highest BCUT2D eigenvalue weighted by Gasteiger charge is 2.15. The van der Waals surface area contributed by atoms with Gasteiger partial charge in [-0.05, 0) is 38.5 Å². The van der Waals surface area contributed by atoms with Crippen LogP contribution in [0.5, 0.6) is 0 Å². The van der Waals surface area contributed by atoms with E-state index in [1.807, 2.05) is 59.6 Å². The number of aryl methyl sites for hydroxylation is 2. The number of anilines is 1. The van der Waals surface area contributed by atoms with Crippen molar-refractivity contribution in [2.45, 2.75) is 39.8 Å². The topological polar surface area (TPSA) is 82.6 Å². The molecule has 1 amide bonds. The third-order valence-corrected chi connectivity index (χ3v) is 5.10. The molecular formula is C21H25N7O. The first kappa shape index (κ1) is 18.9. The lowest BCUT2D eigenvalue weighted by Gasteiger charge is -2.14. The number of carbonyl (C=O) groups is 1. The second-order valence-corrected chi connectivity index (χ2v) is 7.30. The minimum atomic E-state index is -0.144. The van der Waals surface area contributed by atoms with Crippen molar-refractivity contribution < 1.29 is 4.79 Å². The van der Waals surface area contributed by atoms with Gasteiger partial charge in [0.15, 0.2) is 5.82 Å². The van der Waals surface area contributed by atoms with Crippen LogP contribution >= 0.6 is 0 Å². The molecule has 0 fully saturated rings. The maximum absolute atomic E-state index is 12.6. The first-order valence-electron chi connectivity index (χ1n) is 9.77. The first-order chi connectivity index (χ1) is 14.0. The lowest BCUT2D eigenvalue weighted by atomic mass is 10.3. The zero-order valence-corrected chi connectivity index (χ0v) is 17.1. The Morgan fingerprint density at radius 3 is 2.76 bits per heavy atom. The Morgan fingerprint density at radius 1 is 1.21 bits per heavy atom. The lowest BCUT2D eigenvalue weighted by Crippen LogP contribution is -2.22. The summed E-state index contributed by atoms with van der Waals surface area (Å²) in [5.41, 5.74) is 3.58. The van der Waals surface area contributed by atoms with E-state index < -0.39 is 0 Å². The summed E-state index contributed by atoms with van der Waals surface area (Å²) in [5, 5.41) is 12.0. The van der Waals surface area contributed by atoms with Gasteiger partial charge in [0.25, 0.3) is 0 Å². The molecule has 0 aliphatic heterocycles. The van der Waals surface area contributed by atoms with E-state index in [0.717, 1.165) is 34.7 Å². The van der Waals surface area contributed by atoms with E-state index in [4.69, 9.17) is 0 Å². The molecule has 3 aromatic heterocycles. The number of carbonyl (C=O) groups excluding carboxylic acids is 1. The van der Waals surface area contributed by atoms with Crippen LogP contribution in [0.2, 0.25) is 0 Å². The molecule has 3 heterocycles. The molecule has 8 nitrogen and oxygen atoms in total. The molecule has 8 heteroatoms. The first-order valence-corrected chi connectivity index (χ1v) is 9.77. The Morgan fingerprint density at radius 2 is 2.00 bits per heavy atom. The Bertz CT molecular complexity index is 1170. The van der Waals surface area contributed by atoms with E-state index in [0.29, 0.717) is 5.82 Å². The van der Waals surface area contributed by atoms with Gasteiger partial charge in [-0.15, -0.1) is 0 Å². The van der Waals surface area contributed by atoms with Crippen LogP contribution in [0, 0.1) is 6.92 Å². The molecule has 29 heavy (non-hydrogen) atoms. The van der Waals surface area contributed by atoms with Gasteiger partial charge >= 0.3 is 0 Å². The highest BCUT2D eigenvalue weighted by molar-refractivity contribution is 5.89. The van der Waals surface area contributed by atoms with Crippen LogP contribution in [0.1, 0.15) is 32.0 Å². The summed E-state index contributed by atoms with van der Waals surface area (Å²) in [4.78, 5) is 17.2.